The summed E-state index contributed by atoms with van der Waals surface area (Å²) < 4.78 is 5.28. The fourth-order valence-corrected chi connectivity index (χ4v) is 2.79. The molecule has 1 heterocycles. The quantitative estimate of drug-likeness (QED) is 0.761. The number of carbonyl (C=O) groups is 1. The molecular formula is C13H22N2O2. The molecule has 0 aromatic rings. The van der Waals surface area contributed by atoms with Crippen molar-refractivity contribution in [3.05, 3.63) is 0 Å². The molecule has 96 valence electrons. The van der Waals surface area contributed by atoms with Crippen molar-refractivity contribution in [2.24, 2.45) is 17.6 Å². The fraction of sp³-hybridized carbons (Fsp3) is 0.923. The Morgan fingerprint density at radius 2 is 1.71 bits per heavy atom. The van der Waals surface area contributed by atoms with Crippen LogP contribution >= 0.6 is 0 Å². The number of ether oxygens (including phenoxy) is 1. The third-order valence-corrected chi connectivity index (χ3v) is 4.39. The van der Waals surface area contributed by atoms with Gasteiger partial charge in [-0.2, -0.15) is 0 Å². The number of nitrogens with two attached hydrogens (primary N) is 1. The van der Waals surface area contributed by atoms with E-state index in [1.165, 1.54) is 25.7 Å². The second kappa shape index (κ2) is 4.25. The summed E-state index contributed by atoms with van der Waals surface area (Å²) in [6.07, 6.45) is 6.43. The Balaban J connectivity index is 1.60. The van der Waals surface area contributed by atoms with Crippen molar-refractivity contribution in [2.45, 2.75) is 50.1 Å². The largest absolute Gasteiger partial charge is 0.381 e. The Bertz CT molecular complexity index is 293. The van der Waals surface area contributed by atoms with Crippen molar-refractivity contribution in [2.75, 3.05) is 13.2 Å². The third kappa shape index (κ3) is 2.47. The predicted octanol–water partition coefficient (Wildman–Crippen LogP) is 0.799. The number of amides is 1. The fourth-order valence-electron chi connectivity index (χ4n) is 2.79. The molecule has 0 atom stereocenters. The summed E-state index contributed by atoms with van der Waals surface area (Å²) in [4.78, 5) is 12.3. The average molecular weight is 238 g/mol. The van der Waals surface area contributed by atoms with Gasteiger partial charge in [-0.3, -0.25) is 4.79 Å². The lowest BCUT2D eigenvalue weighted by Gasteiger charge is -2.33. The standard InChI is InChI=1S/C13H22N2O2/c14-13(5-7-17-8-6-13)12(16)15-11(9-1-2-9)10-3-4-10/h9-11H,1-8,14H2,(H,15,16). The van der Waals surface area contributed by atoms with Crippen molar-refractivity contribution in [3.8, 4) is 0 Å². The Morgan fingerprint density at radius 3 is 2.18 bits per heavy atom. The van der Waals surface area contributed by atoms with Crippen molar-refractivity contribution < 1.29 is 9.53 Å². The Kier molecular flexibility index (Phi) is 2.87. The van der Waals surface area contributed by atoms with E-state index in [0.29, 0.717) is 32.1 Å². The third-order valence-electron chi connectivity index (χ3n) is 4.39. The van der Waals surface area contributed by atoms with Crippen LogP contribution in [0.25, 0.3) is 0 Å². The molecule has 0 spiro atoms. The number of carbonyl (C=O) groups excluding carboxylic acids is 1. The highest BCUT2D eigenvalue weighted by atomic mass is 16.5. The molecule has 3 N–H and O–H groups in total. The molecule has 3 fully saturated rings. The van der Waals surface area contributed by atoms with Gasteiger partial charge in [-0.1, -0.05) is 0 Å². The maximum Gasteiger partial charge on any atom is 0.240 e. The average Bonchev–Trinajstić information content (AvgIpc) is 3.17. The number of hydrogen-bond acceptors (Lipinski definition) is 3. The molecule has 2 aliphatic carbocycles. The summed E-state index contributed by atoms with van der Waals surface area (Å²) in [5.74, 6) is 1.52. The molecular weight excluding hydrogens is 216 g/mol. The van der Waals surface area contributed by atoms with Crippen molar-refractivity contribution in [3.63, 3.8) is 0 Å². The number of rotatable bonds is 4. The van der Waals surface area contributed by atoms with Crippen LogP contribution in [-0.4, -0.2) is 30.7 Å². The summed E-state index contributed by atoms with van der Waals surface area (Å²) in [6, 6.07) is 0.408. The summed E-state index contributed by atoms with van der Waals surface area (Å²) in [5.41, 5.74) is 5.52. The molecule has 1 saturated heterocycles. The maximum atomic E-state index is 12.3. The van der Waals surface area contributed by atoms with E-state index < -0.39 is 5.54 Å². The van der Waals surface area contributed by atoms with E-state index in [1.54, 1.807) is 0 Å². The molecule has 0 unspecified atom stereocenters. The van der Waals surface area contributed by atoms with Crippen LogP contribution in [0.5, 0.6) is 0 Å². The van der Waals surface area contributed by atoms with E-state index in [1.807, 2.05) is 0 Å². The van der Waals surface area contributed by atoms with Crippen LogP contribution in [0.2, 0.25) is 0 Å². The van der Waals surface area contributed by atoms with Crippen LogP contribution in [0.15, 0.2) is 0 Å². The molecule has 17 heavy (non-hydrogen) atoms. The van der Waals surface area contributed by atoms with E-state index in [4.69, 9.17) is 10.5 Å². The van der Waals surface area contributed by atoms with Gasteiger partial charge < -0.3 is 15.8 Å². The first-order chi connectivity index (χ1) is 8.19. The van der Waals surface area contributed by atoms with Gasteiger partial charge in [-0.25, -0.2) is 0 Å². The van der Waals surface area contributed by atoms with Gasteiger partial charge in [0, 0.05) is 19.3 Å². The van der Waals surface area contributed by atoms with E-state index in [0.717, 1.165) is 11.8 Å². The normalized spacial score (nSPS) is 28.1. The molecule has 4 nitrogen and oxygen atoms in total. The number of nitrogens with one attached hydrogen (secondary N) is 1. The lowest BCUT2D eigenvalue weighted by Crippen LogP contribution is -2.59. The second-order valence-electron chi connectivity index (χ2n) is 5.94. The van der Waals surface area contributed by atoms with Crippen molar-refractivity contribution in [1.82, 2.24) is 5.32 Å². The van der Waals surface area contributed by atoms with Gasteiger partial charge in [0.05, 0.1) is 5.54 Å². The molecule has 3 rings (SSSR count). The lowest BCUT2D eigenvalue weighted by molar-refractivity contribution is -0.130. The topological polar surface area (TPSA) is 64.4 Å². The SMILES string of the molecule is NC1(C(=O)NC(C2CC2)C2CC2)CCOCC1. The molecule has 4 heteroatoms. The molecule has 0 radical (unpaired) electrons. The van der Waals surface area contributed by atoms with Gasteiger partial charge in [-0.15, -0.1) is 0 Å². The maximum absolute atomic E-state index is 12.3. The molecule has 1 amide bonds. The van der Waals surface area contributed by atoms with Crippen LogP contribution in [-0.2, 0) is 9.53 Å². The first-order valence-corrected chi connectivity index (χ1v) is 6.87. The van der Waals surface area contributed by atoms with Crippen LogP contribution in [0.3, 0.4) is 0 Å². The smallest absolute Gasteiger partial charge is 0.240 e. The van der Waals surface area contributed by atoms with E-state index in [2.05, 4.69) is 5.32 Å². The number of hydrogen-bond donors (Lipinski definition) is 2. The zero-order chi connectivity index (χ0) is 11.9. The predicted molar refractivity (Wildman–Crippen MR) is 64.4 cm³/mol. The van der Waals surface area contributed by atoms with Crippen LogP contribution in [0, 0.1) is 11.8 Å². The van der Waals surface area contributed by atoms with Gasteiger partial charge in [-0.05, 0) is 50.4 Å². The Morgan fingerprint density at radius 1 is 1.18 bits per heavy atom. The van der Waals surface area contributed by atoms with Crippen molar-refractivity contribution >= 4 is 5.91 Å². The first kappa shape index (κ1) is 11.5. The van der Waals surface area contributed by atoms with Gasteiger partial charge in [0.15, 0.2) is 0 Å². The minimum atomic E-state index is -0.680. The summed E-state index contributed by atoms with van der Waals surface area (Å²) in [6.45, 7) is 1.23. The highest BCUT2D eigenvalue weighted by Gasteiger charge is 2.45. The van der Waals surface area contributed by atoms with Gasteiger partial charge in [0.1, 0.15) is 0 Å². The van der Waals surface area contributed by atoms with Crippen molar-refractivity contribution in [1.29, 1.82) is 0 Å². The van der Waals surface area contributed by atoms with Gasteiger partial charge in [0.2, 0.25) is 5.91 Å². The summed E-state index contributed by atoms with van der Waals surface area (Å²) in [5, 5.41) is 3.23. The zero-order valence-electron chi connectivity index (χ0n) is 10.3. The van der Waals surface area contributed by atoms with Gasteiger partial charge >= 0.3 is 0 Å². The lowest BCUT2D eigenvalue weighted by atomic mass is 9.89. The minimum Gasteiger partial charge on any atom is -0.381 e. The van der Waals surface area contributed by atoms with E-state index in [9.17, 15) is 4.79 Å². The first-order valence-electron chi connectivity index (χ1n) is 6.87. The second-order valence-corrected chi connectivity index (χ2v) is 5.94. The van der Waals surface area contributed by atoms with E-state index >= 15 is 0 Å². The van der Waals surface area contributed by atoms with Crippen LogP contribution in [0.1, 0.15) is 38.5 Å². The molecule has 2 saturated carbocycles. The minimum absolute atomic E-state index is 0.0598. The van der Waals surface area contributed by atoms with Crippen LogP contribution < -0.4 is 11.1 Å². The summed E-state index contributed by atoms with van der Waals surface area (Å²) >= 11 is 0. The molecule has 0 aromatic carbocycles. The highest BCUT2D eigenvalue weighted by molar-refractivity contribution is 5.86. The van der Waals surface area contributed by atoms with Crippen LogP contribution in [0.4, 0.5) is 0 Å². The highest BCUT2D eigenvalue weighted by Crippen LogP contribution is 2.44. The summed E-state index contributed by atoms with van der Waals surface area (Å²) in [7, 11) is 0. The Labute approximate surface area is 102 Å². The molecule has 1 aliphatic heterocycles. The zero-order valence-corrected chi connectivity index (χ0v) is 10.3. The monoisotopic (exact) mass is 238 g/mol. The molecule has 0 aromatic heterocycles. The molecule has 0 bridgehead atoms. The van der Waals surface area contributed by atoms with E-state index in [-0.39, 0.29) is 5.91 Å². The Hall–Kier alpha value is -0.610. The van der Waals surface area contributed by atoms with Gasteiger partial charge in [0.25, 0.3) is 0 Å². The molecule has 3 aliphatic rings.